The van der Waals surface area contributed by atoms with Gasteiger partial charge in [0.2, 0.25) is 5.75 Å². The van der Waals surface area contributed by atoms with E-state index in [1.165, 1.54) is 0 Å². The molecule has 3 aromatic carbocycles. The minimum Gasteiger partial charge on any atom is -0.493 e. The predicted molar refractivity (Wildman–Crippen MR) is 119 cm³/mol. The zero-order chi connectivity index (χ0) is 22.4. The highest BCUT2D eigenvalue weighted by atomic mass is 16.5. The maximum Gasteiger partial charge on any atom is 0.203 e. The van der Waals surface area contributed by atoms with Gasteiger partial charge in [-0.3, -0.25) is 0 Å². The summed E-state index contributed by atoms with van der Waals surface area (Å²) < 4.78 is 27.7. The van der Waals surface area contributed by atoms with Crippen molar-refractivity contribution in [2.75, 3.05) is 28.4 Å². The summed E-state index contributed by atoms with van der Waals surface area (Å²) in [5.74, 6) is 3.17. The van der Waals surface area contributed by atoms with Crippen molar-refractivity contribution in [1.82, 2.24) is 0 Å². The van der Waals surface area contributed by atoms with Gasteiger partial charge in [0.25, 0.3) is 0 Å². The molecule has 0 fully saturated rings. The number of rotatable bonds is 9. The van der Waals surface area contributed by atoms with E-state index >= 15 is 0 Å². The summed E-state index contributed by atoms with van der Waals surface area (Å²) in [7, 11) is 6.25. The highest BCUT2D eigenvalue weighted by molar-refractivity contribution is 5.81. The molecule has 3 rings (SSSR count). The molecule has 31 heavy (non-hydrogen) atoms. The lowest BCUT2D eigenvalue weighted by molar-refractivity contribution is 0.324. The van der Waals surface area contributed by atoms with Crippen LogP contribution in [0, 0.1) is 4.91 Å². The molecule has 0 radical (unpaired) electrons. The molecule has 3 aromatic rings. The lowest BCUT2D eigenvalue weighted by Gasteiger charge is -2.16. The fraction of sp³-hybridized carbons (Fsp3) is 0.167. The average Bonchev–Trinajstić information content (AvgIpc) is 2.82. The van der Waals surface area contributed by atoms with Gasteiger partial charge in [0, 0.05) is 0 Å². The minimum atomic E-state index is 0.323. The lowest BCUT2D eigenvalue weighted by atomic mass is 9.98. The van der Waals surface area contributed by atoms with E-state index in [-0.39, 0.29) is 0 Å². The van der Waals surface area contributed by atoms with Crippen molar-refractivity contribution in [3.63, 3.8) is 0 Å². The zero-order valence-electron chi connectivity index (χ0n) is 17.8. The Balaban J connectivity index is 1.98. The van der Waals surface area contributed by atoms with E-state index in [9.17, 15) is 4.91 Å². The third-order valence-corrected chi connectivity index (χ3v) is 4.70. The Bertz CT molecular complexity index is 1070. The molecule has 7 nitrogen and oxygen atoms in total. The number of hydrogen-bond donors (Lipinski definition) is 0. The maximum absolute atomic E-state index is 10.6. The molecule has 0 heterocycles. The van der Waals surface area contributed by atoms with Gasteiger partial charge in [0.05, 0.1) is 28.4 Å². The Morgan fingerprint density at radius 3 is 1.81 bits per heavy atom. The van der Waals surface area contributed by atoms with Gasteiger partial charge in [-0.25, -0.2) is 0 Å². The molecular formula is C24H23NO6. The molecule has 0 atom stereocenters. The first-order valence-corrected chi connectivity index (χ1v) is 9.33. The van der Waals surface area contributed by atoms with E-state index in [4.69, 9.17) is 23.7 Å². The minimum absolute atomic E-state index is 0.323. The first-order valence-electron chi connectivity index (χ1n) is 9.33. The van der Waals surface area contributed by atoms with Crippen LogP contribution in [0.25, 0.3) is 5.57 Å². The molecule has 0 aliphatic carbocycles. The van der Waals surface area contributed by atoms with Crippen molar-refractivity contribution in [2.24, 2.45) is 5.18 Å². The van der Waals surface area contributed by atoms with E-state index in [1.54, 1.807) is 58.8 Å². The Morgan fingerprint density at radius 2 is 1.29 bits per heavy atom. The van der Waals surface area contributed by atoms with Crippen LogP contribution < -0.4 is 23.7 Å². The highest BCUT2D eigenvalue weighted by Crippen LogP contribution is 2.42. The summed E-state index contributed by atoms with van der Waals surface area (Å²) >= 11 is 0. The molecule has 0 N–H and O–H groups in total. The SMILES string of the molecule is C=C(c1ccc(OC)c(Oc2ccc(N=O)cc2)c1)c1cc(OC)c(OC)c(OC)c1. The second kappa shape index (κ2) is 9.67. The van der Waals surface area contributed by atoms with Crippen molar-refractivity contribution in [2.45, 2.75) is 0 Å². The summed E-state index contributed by atoms with van der Waals surface area (Å²) in [5, 5.41) is 2.89. The molecular weight excluding hydrogens is 398 g/mol. The summed E-state index contributed by atoms with van der Waals surface area (Å²) in [6.07, 6.45) is 0. The fourth-order valence-electron chi connectivity index (χ4n) is 3.07. The third kappa shape index (κ3) is 4.61. The van der Waals surface area contributed by atoms with Gasteiger partial charge < -0.3 is 23.7 Å². The second-order valence-electron chi connectivity index (χ2n) is 6.45. The third-order valence-electron chi connectivity index (χ3n) is 4.70. The van der Waals surface area contributed by atoms with Crippen LogP contribution in [0.4, 0.5) is 5.69 Å². The van der Waals surface area contributed by atoms with Gasteiger partial charge in [-0.1, -0.05) is 12.6 Å². The molecule has 0 aliphatic rings. The molecule has 160 valence electrons. The smallest absolute Gasteiger partial charge is 0.203 e. The van der Waals surface area contributed by atoms with Crippen LogP contribution in [-0.4, -0.2) is 28.4 Å². The topological polar surface area (TPSA) is 75.6 Å². The van der Waals surface area contributed by atoms with Gasteiger partial charge in [-0.05, 0) is 70.4 Å². The fourth-order valence-corrected chi connectivity index (χ4v) is 3.07. The summed E-state index contributed by atoms with van der Waals surface area (Å²) in [4.78, 5) is 10.6. The second-order valence-corrected chi connectivity index (χ2v) is 6.45. The number of hydrogen-bond acceptors (Lipinski definition) is 7. The number of nitrogens with zero attached hydrogens (tertiary/aromatic N) is 1. The Labute approximate surface area is 180 Å². The predicted octanol–water partition coefficient (Wildman–Crippen LogP) is 5.97. The quantitative estimate of drug-likeness (QED) is 0.396. The van der Waals surface area contributed by atoms with E-state index in [2.05, 4.69) is 11.8 Å². The summed E-state index contributed by atoms with van der Waals surface area (Å²) in [5.41, 5.74) is 2.67. The van der Waals surface area contributed by atoms with Crippen molar-refractivity contribution in [3.05, 3.63) is 77.2 Å². The van der Waals surface area contributed by atoms with Crippen LogP contribution in [0.3, 0.4) is 0 Å². The zero-order valence-corrected chi connectivity index (χ0v) is 17.8. The molecule has 0 saturated carbocycles. The molecule has 0 unspecified atom stereocenters. The molecule has 0 saturated heterocycles. The molecule has 0 amide bonds. The normalized spacial score (nSPS) is 10.2. The Hall–Kier alpha value is -4.00. The van der Waals surface area contributed by atoms with Crippen molar-refractivity contribution < 1.29 is 23.7 Å². The lowest BCUT2D eigenvalue weighted by Crippen LogP contribution is -1.98. The number of benzene rings is 3. The molecule has 0 aliphatic heterocycles. The first kappa shape index (κ1) is 21.7. The van der Waals surface area contributed by atoms with Gasteiger partial charge in [-0.2, -0.15) is 0 Å². The van der Waals surface area contributed by atoms with Crippen LogP contribution in [0.2, 0.25) is 0 Å². The van der Waals surface area contributed by atoms with Gasteiger partial charge >= 0.3 is 0 Å². The number of ether oxygens (including phenoxy) is 5. The summed E-state index contributed by atoms with van der Waals surface area (Å²) in [6.45, 7) is 4.23. The standard InChI is InChI=1S/C24H23NO6/c1-15(17-13-22(28-3)24(30-5)23(14-17)29-4)16-6-11-20(27-2)21(12-16)31-19-9-7-18(25-26)8-10-19/h6-14H,1H2,2-5H3. The number of nitroso groups, excluding NO2 is 1. The monoisotopic (exact) mass is 421 g/mol. The van der Waals surface area contributed by atoms with E-state index < -0.39 is 0 Å². The van der Waals surface area contributed by atoms with Crippen molar-refractivity contribution in [1.29, 1.82) is 0 Å². The van der Waals surface area contributed by atoms with Gasteiger partial charge in [-0.15, -0.1) is 4.91 Å². The molecule has 0 aromatic heterocycles. The van der Waals surface area contributed by atoms with E-state index in [1.807, 2.05) is 24.3 Å². The molecule has 0 spiro atoms. The first-order chi connectivity index (χ1) is 15.0. The molecule has 0 bridgehead atoms. The maximum atomic E-state index is 10.6. The van der Waals surface area contributed by atoms with Crippen molar-refractivity contribution in [3.8, 4) is 34.5 Å². The van der Waals surface area contributed by atoms with E-state index in [0.717, 1.165) is 16.7 Å². The van der Waals surface area contributed by atoms with Crippen molar-refractivity contribution >= 4 is 11.3 Å². The van der Waals surface area contributed by atoms with Crippen LogP contribution in [0.15, 0.2) is 66.4 Å². The van der Waals surface area contributed by atoms with Gasteiger partial charge in [0.15, 0.2) is 23.0 Å². The largest absolute Gasteiger partial charge is 0.493 e. The highest BCUT2D eigenvalue weighted by Gasteiger charge is 2.16. The average molecular weight is 421 g/mol. The van der Waals surface area contributed by atoms with E-state index in [0.29, 0.717) is 40.2 Å². The molecule has 7 heteroatoms. The van der Waals surface area contributed by atoms with Crippen LogP contribution in [0.1, 0.15) is 11.1 Å². The van der Waals surface area contributed by atoms with Crippen LogP contribution >= 0.6 is 0 Å². The number of methoxy groups -OCH3 is 4. The summed E-state index contributed by atoms with van der Waals surface area (Å²) in [6, 6.07) is 15.7. The van der Waals surface area contributed by atoms with Crippen LogP contribution in [0.5, 0.6) is 34.5 Å². The Kier molecular flexibility index (Phi) is 6.77. The Morgan fingerprint density at radius 1 is 0.710 bits per heavy atom. The van der Waals surface area contributed by atoms with Gasteiger partial charge in [0.1, 0.15) is 11.4 Å². The van der Waals surface area contributed by atoms with Crippen LogP contribution in [-0.2, 0) is 0 Å².